The van der Waals surface area contributed by atoms with Gasteiger partial charge in [0, 0.05) is 28.7 Å². The summed E-state index contributed by atoms with van der Waals surface area (Å²) in [4.78, 5) is 28.9. The number of carbonyl (C=O) groups is 1. The van der Waals surface area contributed by atoms with E-state index in [1.807, 2.05) is 30.3 Å². The molecule has 0 saturated heterocycles. The van der Waals surface area contributed by atoms with Crippen LogP contribution in [-0.4, -0.2) is 22.8 Å². The number of nitrogens with zero attached hydrogens (tertiary/aromatic N) is 1. The zero-order valence-corrected chi connectivity index (χ0v) is 13.3. The second kappa shape index (κ2) is 6.26. The summed E-state index contributed by atoms with van der Waals surface area (Å²) >= 11 is 5.92. The highest BCUT2D eigenvalue weighted by Crippen LogP contribution is 2.14. The smallest absolute Gasteiger partial charge is 0.253 e. The molecule has 3 aromatic rings. The minimum absolute atomic E-state index is 0.181. The maximum atomic E-state index is 12.4. The van der Waals surface area contributed by atoms with Gasteiger partial charge in [0.05, 0.1) is 6.54 Å². The van der Waals surface area contributed by atoms with Gasteiger partial charge in [-0.25, -0.2) is 0 Å². The fraction of sp³-hybridized carbons (Fsp3) is 0.111. The van der Waals surface area contributed by atoms with Crippen LogP contribution in [0.4, 0.5) is 0 Å². The molecular weight excluding hydrogens is 312 g/mol. The maximum absolute atomic E-state index is 12.4. The Morgan fingerprint density at radius 3 is 2.70 bits per heavy atom. The van der Waals surface area contributed by atoms with Crippen LogP contribution in [0, 0.1) is 0 Å². The lowest BCUT2D eigenvalue weighted by molar-refractivity contribution is 0.0784. The van der Waals surface area contributed by atoms with Gasteiger partial charge in [-0.15, -0.1) is 0 Å². The molecular formula is C18H15ClN2O2. The lowest BCUT2D eigenvalue weighted by Gasteiger charge is -2.17. The van der Waals surface area contributed by atoms with Gasteiger partial charge in [-0.1, -0.05) is 35.9 Å². The minimum atomic E-state index is -0.186. The van der Waals surface area contributed by atoms with E-state index in [-0.39, 0.29) is 18.0 Å². The predicted molar refractivity (Wildman–Crippen MR) is 91.8 cm³/mol. The van der Waals surface area contributed by atoms with Crippen LogP contribution >= 0.6 is 11.6 Å². The van der Waals surface area contributed by atoms with E-state index in [9.17, 15) is 9.59 Å². The summed E-state index contributed by atoms with van der Waals surface area (Å²) in [5.74, 6) is -0.181. The summed E-state index contributed by atoms with van der Waals surface area (Å²) in [7, 11) is 1.66. The lowest BCUT2D eigenvalue weighted by atomic mass is 10.1. The molecule has 4 nitrogen and oxygen atoms in total. The molecule has 0 spiro atoms. The number of hydrogen-bond acceptors (Lipinski definition) is 2. The zero-order chi connectivity index (χ0) is 16.4. The van der Waals surface area contributed by atoms with Gasteiger partial charge in [0.2, 0.25) is 0 Å². The first-order chi connectivity index (χ1) is 11.0. The molecule has 0 radical (unpaired) electrons. The topological polar surface area (TPSA) is 53.2 Å². The monoisotopic (exact) mass is 326 g/mol. The fourth-order valence-corrected chi connectivity index (χ4v) is 2.67. The molecule has 0 bridgehead atoms. The van der Waals surface area contributed by atoms with Crippen molar-refractivity contribution in [3.05, 3.63) is 81.1 Å². The minimum Gasteiger partial charge on any atom is -0.337 e. The summed E-state index contributed by atoms with van der Waals surface area (Å²) in [6.45, 7) is 0.228. The van der Waals surface area contributed by atoms with Crippen LogP contribution in [0.25, 0.3) is 10.9 Å². The number of carbonyl (C=O) groups excluding carboxylic acids is 1. The van der Waals surface area contributed by atoms with Crippen molar-refractivity contribution in [1.82, 2.24) is 9.88 Å². The van der Waals surface area contributed by atoms with Crippen molar-refractivity contribution in [2.75, 3.05) is 7.05 Å². The maximum Gasteiger partial charge on any atom is 0.253 e. The molecule has 1 N–H and O–H groups in total. The number of rotatable bonds is 3. The molecule has 0 aliphatic carbocycles. The van der Waals surface area contributed by atoms with Crippen molar-refractivity contribution in [3.8, 4) is 0 Å². The van der Waals surface area contributed by atoms with E-state index in [1.54, 1.807) is 31.3 Å². The van der Waals surface area contributed by atoms with Crippen molar-refractivity contribution in [3.63, 3.8) is 0 Å². The second-order valence-corrected chi connectivity index (χ2v) is 5.82. The molecule has 2 aromatic carbocycles. The number of para-hydroxylation sites is 1. The largest absolute Gasteiger partial charge is 0.337 e. The number of H-pyrrole nitrogens is 1. The molecule has 1 heterocycles. The number of pyridine rings is 1. The highest BCUT2D eigenvalue weighted by Gasteiger charge is 2.14. The van der Waals surface area contributed by atoms with Crippen LogP contribution < -0.4 is 5.56 Å². The molecule has 1 aromatic heterocycles. The Morgan fingerprint density at radius 2 is 1.91 bits per heavy atom. The SMILES string of the molecule is CN(Cc1cc2ccccc2[nH]c1=O)C(=O)c1cccc(Cl)c1. The van der Waals surface area contributed by atoms with E-state index in [2.05, 4.69) is 4.98 Å². The summed E-state index contributed by atoms with van der Waals surface area (Å²) < 4.78 is 0. The standard InChI is InChI=1S/C18H15ClN2O2/c1-21(18(23)13-6-4-7-15(19)10-13)11-14-9-12-5-2-3-8-16(12)20-17(14)22/h2-10H,11H2,1H3,(H,20,22). The first-order valence-electron chi connectivity index (χ1n) is 7.16. The number of benzene rings is 2. The number of amides is 1. The first-order valence-corrected chi connectivity index (χ1v) is 7.54. The summed E-state index contributed by atoms with van der Waals surface area (Å²) in [6.07, 6.45) is 0. The van der Waals surface area contributed by atoms with Crippen LogP contribution in [-0.2, 0) is 6.54 Å². The molecule has 0 saturated carbocycles. The molecule has 116 valence electrons. The van der Waals surface area contributed by atoms with E-state index >= 15 is 0 Å². The molecule has 0 unspecified atom stereocenters. The third-order valence-electron chi connectivity index (χ3n) is 3.66. The third kappa shape index (κ3) is 3.27. The van der Waals surface area contributed by atoms with Crippen LogP contribution in [0.15, 0.2) is 59.4 Å². The lowest BCUT2D eigenvalue weighted by Crippen LogP contribution is -2.29. The average Bonchev–Trinajstić information content (AvgIpc) is 2.54. The van der Waals surface area contributed by atoms with E-state index in [0.717, 1.165) is 10.9 Å². The summed E-state index contributed by atoms with van der Waals surface area (Å²) in [6, 6.07) is 16.1. The van der Waals surface area contributed by atoms with Crippen molar-refractivity contribution in [2.24, 2.45) is 0 Å². The normalized spacial score (nSPS) is 10.7. The van der Waals surface area contributed by atoms with Crippen molar-refractivity contribution >= 4 is 28.4 Å². The molecule has 23 heavy (non-hydrogen) atoms. The number of nitrogens with one attached hydrogen (secondary N) is 1. The Labute approximate surface area is 138 Å². The Bertz CT molecular complexity index is 933. The van der Waals surface area contributed by atoms with Gasteiger partial charge >= 0.3 is 0 Å². The fourth-order valence-electron chi connectivity index (χ4n) is 2.48. The van der Waals surface area contributed by atoms with Crippen LogP contribution in [0.1, 0.15) is 15.9 Å². The van der Waals surface area contributed by atoms with Gasteiger partial charge in [0.1, 0.15) is 0 Å². The first kappa shape index (κ1) is 15.3. The molecule has 0 aliphatic heterocycles. The number of aromatic nitrogens is 1. The quantitative estimate of drug-likeness (QED) is 0.801. The number of aromatic amines is 1. The zero-order valence-electron chi connectivity index (χ0n) is 12.5. The third-order valence-corrected chi connectivity index (χ3v) is 3.89. The highest BCUT2D eigenvalue weighted by molar-refractivity contribution is 6.30. The molecule has 0 fully saturated rings. The van der Waals surface area contributed by atoms with Crippen molar-refractivity contribution in [2.45, 2.75) is 6.54 Å². The molecule has 1 amide bonds. The Hall–Kier alpha value is -2.59. The Morgan fingerprint density at radius 1 is 1.13 bits per heavy atom. The van der Waals surface area contributed by atoms with Crippen LogP contribution in [0.2, 0.25) is 5.02 Å². The van der Waals surface area contributed by atoms with Crippen LogP contribution in [0.5, 0.6) is 0 Å². The summed E-state index contributed by atoms with van der Waals surface area (Å²) in [5, 5.41) is 1.44. The van der Waals surface area contributed by atoms with Crippen molar-refractivity contribution in [1.29, 1.82) is 0 Å². The number of fused-ring (bicyclic) bond motifs is 1. The molecule has 3 rings (SSSR count). The van der Waals surface area contributed by atoms with E-state index in [1.165, 1.54) is 4.90 Å². The van der Waals surface area contributed by atoms with Gasteiger partial charge in [-0.05, 0) is 35.7 Å². The van der Waals surface area contributed by atoms with Gasteiger partial charge in [0.25, 0.3) is 11.5 Å². The van der Waals surface area contributed by atoms with E-state index in [4.69, 9.17) is 11.6 Å². The van der Waals surface area contributed by atoms with E-state index < -0.39 is 0 Å². The number of hydrogen-bond donors (Lipinski definition) is 1. The van der Waals surface area contributed by atoms with E-state index in [0.29, 0.717) is 16.1 Å². The second-order valence-electron chi connectivity index (χ2n) is 5.38. The molecule has 5 heteroatoms. The Kier molecular flexibility index (Phi) is 4.17. The molecule has 0 aliphatic rings. The predicted octanol–water partition coefficient (Wildman–Crippen LogP) is 3.45. The Balaban J connectivity index is 1.88. The average molecular weight is 327 g/mol. The van der Waals surface area contributed by atoms with Crippen LogP contribution in [0.3, 0.4) is 0 Å². The van der Waals surface area contributed by atoms with Gasteiger partial charge in [-0.2, -0.15) is 0 Å². The molecule has 0 atom stereocenters. The highest BCUT2D eigenvalue weighted by atomic mass is 35.5. The summed E-state index contributed by atoms with van der Waals surface area (Å²) in [5.41, 5.74) is 1.64. The van der Waals surface area contributed by atoms with Gasteiger partial charge in [0.15, 0.2) is 0 Å². The van der Waals surface area contributed by atoms with Gasteiger partial charge in [-0.3, -0.25) is 9.59 Å². The number of halogens is 1. The van der Waals surface area contributed by atoms with Crippen molar-refractivity contribution < 1.29 is 4.79 Å². The van der Waals surface area contributed by atoms with Gasteiger partial charge < -0.3 is 9.88 Å².